The Morgan fingerprint density at radius 1 is 1.26 bits per heavy atom. The van der Waals surface area contributed by atoms with Crippen LogP contribution in [-0.2, 0) is 6.42 Å². The minimum Gasteiger partial charge on any atom is -0.338 e. The van der Waals surface area contributed by atoms with E-state index >= 15 is 0 Å². The number of nitrogens with zero attached hydrogens (tertiary/aromatic N) is 4. The van der Waals surface area contributed by atoms with Crippen LogP contribution in [0.15, 0.2) is 6.20 Å². The lowest BCUT2D eigenvalue weighted by atomic mass is 10.0. The summed E-state index contributed by atoms with van der Waals surface area (Å²) in [6, 6.07) is 1.26. The number of anilines is 1. The highest BCUT2D eigenvalue weighted by Crippen LogP contribution is 2.41. The van der Waals surface area contributed by atoms with E-state index in [9.17, 15) is 0 Å². The quantitative estimate of drug-likeness (QED) is 0.799. The van der Waals surface area contributed by atoms with Crippen molar-refractivity contribution in [1.82, 2.24) is 20.2 Å². The average molecular weight is 259 g/mol. The number of hydrogen-bond donors (Lipinski definition) is 1. The molecule has 0 saturated carbocycles. The summed E-state index contributed by atoms with van der Waals surface area (Å²) in [5.41, 5.74) is 2.67. The first-order valence-electron chi connectivity index (χ1n) is 7.36. The zero-order chi connectivity index (χ0) is 12.8. The first-order valence-corrected chi connectivity index (χ1v) is 7.36. The van der Waals surface area contributed by atoms with E-state index in [1.807, 2.05) is 0 Å². The molecule has 4 rings (SSSR count). The number of piperazine rings is 1. The third-order valence-electron chi connectivity index (χ3n) is 4.92. The Bertz CT molecular complexity index is 483. The van der Waals surface area contributed by atoms with Gasteiger partial charge in [-0.05, 0) is 19.9 Å². The molecule has 0 aliphatic carbocycles. The molecule has 2 atom stereocenters. The molecule has 0 aromatic carbocycles. The second-order valence-corrected chi connectivity index (χ2v) is 5.93. The highest BCUT2D eigenvalue weighted by molar-refractivity contribution is 5.37. The van der Waals surface area contributed by atoms with Crippen molar-refractivity contribution in [3.05, 3.63) is 17.5 Å². The Balaban J connectivity index is 1.66. The molecule has 5 nitrogen and oxygen atoms in total. The predicted molar refractivity (Wildman–Crippen MR) is 74.3 cm³/mol. The van der Waals surface area contributed by atoms with Crippen molar-refractivity contribution in [3.8, 4) is 0 Å². The summed E-state index contributed by atoms with van der Waals surface area (Å²) in [6.07, 6.45) is 5.76. The highest BCUT2D eigenvalue weighted by Gasteiger charge is 2.38. The maximum absolute atomic E-state index is 4.87. The number of fused-ring (bicyclic) bond motifs is 4. The fourth-order valence-corrected chi connectivity index (χ4v) is 3.73. The van der Waals surface area contributed by atoms with Crippen molar-refractivity contribution < 1.29 is 0 Å². The zero-order valence-corrected chi connectivity index (χ0v) is 11.5. The molecule has 2 fully saturated rings. The van der Waals surface area contributed by atoms with Crippen molar-refractivity contribution in [2.75, 3.05) is 38.1 Å². The van der Waals surface area contributed by atoms with Crippen LogP contribution < -0.4 is 10.2 Å². The molecule has 4 heterocycles. The molecular weight excluding hydrogens is 238 g/mol. The molecule has 3 aliphatic heterocycles. The van der Waals surface area contributed by atoms with Gasteiger partial charge in [0.05, 0.1) is 5.69 Å². The molecular formula is C14H21N5. The fourth-order valence-electron chi connectivity index (χ4n) is 3.73. The second kappa shape index (κ2) is 4.42. The van der Waals surface area contributed by atoms with Crippen LogP contribution in [0.1, 0.15) is 30.1 Å². The molecule has 0 spiro atoms. The number of likely N-dealkylation sites (N-methyl/N-ethyl adjacent to an activating group) is 1. The van der Waals surface area contributed by atoms with Gasteiger partial charge in [-0.1, -0.05) is 0 Å². The number of hydrogen-bond acceptors (Lipinski definition) is 5. The van der Waals surface area contributed by atoms with Gasteiger partial charge in [0.1, 0.15) is 0 Å². The monoisotopic (exact) mass is 259 g/mol. The lowest BCUT2D eigenvalue weighted by Gasteiger charge is -2.33. The molecule has 1 aromatic rings. The molecule has 1 N–H and O–H groups in total. The van der Waals surface area contributed by atoms with Crippen LogP contribution in [0.4, 0.5) is 5.95 Å². The molecule has 3 aliphatic rings. The Morgan fingerprint density at radius 3 is 2.95 bits per heavy atom. The molecule has 5 heteroatoms. The number of rotatable bonds is 1. The first kappa shape index (κ1) is 11.6. The summed E-state index contributed by atoms with van der Waals surface area (Å²) in [7, 11) is 2.25. The van der Waals surface area contributed by atoms with Gasteiger partial charge >= 0.3 is 0 Å². The normalized spacial score (nSPS) is 30.5. The SMILES string of the molecule is CN1C2CCC1c1cnc(N3CCNCC3)nc1C2. The molecule has 1 aromatic heterocycles. The lowest BCUT2D eigenvalue weighted by molar-refractivity contribution is 0.221. The summed E-state index contributed by atoms with van der Waals surface area (Å²) >= 11 is 0. The summed E-state index contributed by atoms with van der Waals surface area (Å²) in [4.78, 5) is 14.3. The van der Waals surface area contributed by atoms with Crippen LogP contribution in [0.2, 0.25) is 0 Å². The van der Waals surface area contributed by atoms with Gasteiger partial charge in [-0.25, -0.2) is 9.97 Å². The molecule has 2 bridgehead atoms. The third-order valence-corrected chi connectivity index (χ3v) is 4.92. The smallest absolute Gasteiger partial charge is 0.225 e. The molecule has 102 valence electrons. The number of nitrogens with one attached hydrogen (secondary N) is 1. The van der Waals surface area contributed by atoms with Crippen molar-refractivity contribution in [2.24, 2.45) is 0 Å². The standard InChI is InChI=1S/C14H21N5/c1-18-10-2-3-13(18)11-9-16-14(17-12(11)8-10)19-6-4-15-5-7-19/h9-10,13,15H,2-8H2,1H3. The Labute approximate surface area is 114 Å². The third kappa shape index (κ3) is 1.83. The largest absolute Gasteiger partial charge is 0.338 e. The van der Waals surface area contributed by atoms with E-state index in [-0.39, 0.29) is 0 Å². The van der Waals surface area contributed by atoms with Gasteiger partial charge in [0.25, 0.3) is 0 Å². The van der Waals surface area contributed by atoms with Crippen molar-refractivity contribution >= 4 is 5.95 Å². The molecule has 19 heavy (non-hydrogen) atoms. The van der Waals surface area contributed by atoms with Gasteiger partial charge in [-0.3, -0.25) is 4.90 Å². The van der Waals surface area contributed by atoms with Crippen LogP contribution in [0, 0.1) is 0 Å². The van der Waals surface area contributed by atoms with Gasteiger partial charge < -0.3 is 10.2 Å². The van der Waals surface area contributed by atoms with Crippen LogP contribution in [0.25, 0.3) is 0 Å². The summed E-state index contributed by atoms with van der Waals surface area (Å²) in [5, 5.41) is 3.37. The van der Waals surface area contributed by atoms with Crippen molar-refractivity contribution in [3.63, 3.8) is 0 Å². The molecule has 2 unspecified atom stereocenters. The second-order valence-electron chi connectivity index (χ2n) is 5.93. The van der Waals surface area contributed by atoms with Gasteiger partial charge in [0.2, 0.25) is 5.95 Å². The van der Waals surface area contributed by atoms with Gasteiger partial charge in [0.15, 0.2) is 0 Å². The summed E-state index contributed by atoms with van der Waals surface area (Å²) in [5.74, 6) is 0.934. The minimum atomic E-state index is 0.561. The van der Waals surface area contributed by atoms with Crippen molar-refractivity contribution in [1.29, 1.82) is 0 Å². The van der Waals surface area contributed by atoms with Crippen molar-refractivity contribution in [2.45, 2.75) is 31.3 Å². The van der Waals surface area contributed by atoms with E-state index in [1.54, 1.807) is 0 Å². The van der Waals surface area contributed by atoms with Crippen LogP contribution in [-0.4, -0.2) is 54.1 Å². The minimum absolute atomic E-state index is 0.561. The topological polar surface area (TPSA) is 44.3 Å². The Hall–Kier alpha value is -1.20. The maximum atomic E-state index is 4.87. The van der Waals surface area contributed by atoms with Crippen LogP contribution in [0.3, 0.4) is 0 Å². The van der Waals surface area contributed by atoms with E-state index in [0.717, 1.165) is 38.5 Å². The summed E-state index contributed by atoms with van der Waals surface area (Å²) < 4.78 is 0. The van der Waals surface area contributed by atoms with E-state index in [4.69, 9.17) is 4.98 Å². The van der Waals surface area contributed by atoms with E-state index in [0.29, 0.717) is 12.1 Å². The predicted octanol–water partition coefficient (Wildman–Crippen LogP) is 0.578. The first-order chi connectivity index (χ1) is 9.33. The Kier molecular flexibility index (Phi) is 2.70. The van der Waals surface area contributed by atoms with Gasteiger partial charge in [0, 0.05) is 56.4 Å². The van der Waals surface area contributed by atoms with E-state index < -0.39 is 0 Å². The molecule has 2 saturated heterocycles. The average Bonchev–Trinajstić information content (AvgIpc) is 2.72. The Morgan fingerprint density at radius 2 is 2.11 bits per heavy atom. The van der Waals surface area contributed by atoms with Gasteiger partial charge in [-0.2, -0.15) is 0 Å². The number of aromatic nitrogens is 2. The highest BCUT2D eigenvalue weighted by atomic mass is 15.3. The zero-order valence-electron chi connectivity index (χ0n) is 11.5. The van der Waals surface area contributed by atoms with Crippen LogP contribution >= 0.6 is 0 Å². The fraction of sp³-hybridized carbons (Fsp3) is 0.714. The maximum Gasteiger partial charge on any atom is 0.225 e. The molecule has 0 amide bonds. The molecule has 0 radical (unpaired) electrons. The van der Waals surface area contributed by atoms with Gasteiger partial charge in [-0.15, -0.1) is 0 Å². The lowest BCUT2D eigenvalue weighted by Crippen LogP contribution is -2.44. The van der Waals surface area contributed by atoms with E-state index in [1.165, 1.54) is 24.1 Å². The van der Waals surface area contributed by atoms with Crippen LogP contribution in [0.5, 0.6) is 0 Å². The van der Waals surface area contributed by atoms with E-state index in [2.05, 4.69) is 33.3 Å². The summed E-state index contributed by atoms with van der Waals surface area (Å²) in [6.45, 7) is 4.11.